The van der Waals surface area contributed by atoms with Gasteiger partial charge in [0.25, 0.3) is 0 Å². The van der Waals surface area contributed by atoms with Crippen molar-refractivity contribution in [2.75, 3.05) is 19.6 Å². The lowest BCUT2D eigenvalue weighted by Crippen LogP contribution is -2.47. The Morgan fingerprint density at radius 3 is 2.76 bits per heavy atom. The second-order valence-electron chi connectivity index (χ2n) is 6.48. The van der Waals surface area contributed by atoms with Crippen LogP contribution in [-0.4, -0.2) is 46.5 Å². The van der Waals surface area contributed by atoms with Crippen molar-refractivity contribution >= 4 is 11.8 Å². The van der Waals surface area contributed by atoms with Crippen LogP contribution in [0, 0.1) is 11.8 Å². The van der Waals surface area contributed by atoms with Crippen molar-refractivity contribution in [3.8, 4) is 0 Å². The second kappa shape index (κ2) is 7.83. The molecule has 0 spiro atoms. The summed E-state index contributed by atoms with van der Waals surface area (Å²) in [4.78, 5) is 29.0. The Morgan fingerprint density at radius 1 is 1.44 bits per heavy atom. The van der Waals surface area contributed by atoms with Gasteiger partial charge in [-0.05, 0) is 12.3 Å². The van der Waals surface area contributed by atoms with Crippen LogP contribution in [0.1, 0.15) is 38.4 Å². The number of hydrogen-bond acceptors (Lipinski definition) is 5. The fourth-order valence-corrected chi connectivity index (χ4v) is 2.66. The molecular formula is C15H21F3N4O3. The third-order valence-electron chi connectivity index (χ3n) is 3.81. The second-order valence-corrected chi connectivity index (χ2v) is 6.48. The Hall–Kier alpha value is -2.13. The van der Waals surface area contributed by atoms with Crippen LogP contribution in [0.4, 0.5) is 13.2 Å². The van der Waals surface area contributed by atoms with Crippen molar-refractivity contribution in [1.29, 1.82) is 0 Å². The topological polar surface area (TPSA) is 88.3 Å². The normalized spacial score (nSPS) is 18.7. The van der Waals surface area contributed by atoms with Crippen LogP contribution in [-0.2, 0) is 22.2 Å². The number of aromatic nitrogens is 2. The molecule has 1 aliphatic heterocycles. The molecule has 2 rings (SSSR count). The first-order valence-electron chi connectivity index (χ1n) is 8.12. The predicted octanol–water partition coefficient (Wildman–Crippen LogP) is 1.64. The lowest BCUT2D eigenvalue weighted by molar-refractivity contribution is -0.159. The Balaban J connectivity index is 1.80. The minimum absolute atomic E-state index is 0.0344. The zero-order chi connectivity index (χ0) is 18.6. The summed E-state index contributed by atoms with van der Waals surface area (Å²) < 4.78 is 41.2. The van der Waals surface area contributed by atoms with Gasteiger partial charge in [0, 0.05) is 32.5 Å². The standard InChI is InChI=1S/C15H21F3N4O3/c1-9(2)7-22-8-10(3-4-12(22)23)13(24)19-6-5-11-20-14(25-21-11)15(16,17)18/h9-10H,3-8H2,1-2H3,(H,19,24). The molecule has 1 atom stereocenters. The zero-order valence-corrected chi connectivity index (χ0v) is 14.1. The van der Waals surface area contributed by atoms with Crippen molar-refractivity contribution in [3.63, 3.8) is 0 Å². The SMILES string of the molecule is CC(C)CN1CC(C(=O)NCCc2noc(C(F)(F)F)n2)CCC1=O. The van der Waals surface area contributed by atoms with Crippen molar-refractivity contribution in [1.82, 2.24) is 20.4 Å². The van der Waals surface area contributed by atoms with Gasteiger partial charge in [0.05, 0.1) is 5.92 Å². The van der Waals surface area contributed by atoms with Gasteiger partial charge in [-0.2, -0.15) is 18.2 Å². The number of hydrogen-bond donors (Lipinski definition) is 1. The van der Waals surface area contributed by atoms with Gasteiger partial charge in [-0.15, -0.1) is 0 Å². The Morgan fingerprint density at radius 2 is 2.16 bits per heavy atom. The summed E-state index contributed by atoms with van der Waals surface area (Å²) in [5.74, 6) is -1.69. The third kappa shape index (κ3) is 5.43. The molecule has 1 unspecified atom stereocenters. The molecular weight excluding hydrogens is 341 g/mol. The number of carbonyl (C=O) groups is 2. The molecule has 2 amide bonds. The van der Waals surface area contributed by atoms with E-state index in [0.717, 1.165) is 0 Å². The number of halogens is 3. The fraction of sp³-hybridized carbons (Fsp3) is 0.733. The third-order valence-corrected chi connectivity index (χ3v) is 3.81. The summed E-state index contributed by atoms with van der Waals surface area (Å²) in [6.07, 6.45) is -3.85. The van der Waals surface area contributed by atoms with Crippen LogP contribution in [0.5, 0.6) is 0 Å². The largest absolute Gasteiger partial charge is 0.471 e. The van der Waals surface area contributed by atoms with Crippen LogP contribution in [0.3, 0.4) is 0 Å². The van der Waals surface area contributed by atoms with Crippen molar-refractivity contribution in [3.05, 3.63) is 11.7 Å². The molecule has 1 fully saturated rings. The maximum atomic E-state index is 12.4. The maximum Gasteiger partial charge on any atom is 0.471 e. The van der Waals surface area contributed by atoms with E-state index in [0.29, 0.717) is 31.8 Å². The first-order valence-corrected chi connectivity index (χ1v) is 8.12. The van der Waals surface area contributed by atoms with E-state index >= 15 is 0 Å². The lowest BCUT2D eigenvalue weighted by atomic mass is 9.96. The molecule has 0 bridgehead atoms. The average molecular weight is 362 g/mol. The number of amides is 2. The molecule has 25 heavy (non-hydrogen) atoms. The van der Waals surface area contributed by atoms with E-state index in [2.05, 4.69) is 20.0 Å². The Bertz CT molecular complexity index is 615. The Kier molecular flexibility index (Phi) is 6.02. The number of nitrogens with one attached hydrogen (secondary N) is 1. The molecule has 2 heterocycles. The summed E-state index contributed by atoms with van der Waals surface area (Å²) in [7, 11) is 0. The summed E-state index contributed by atoms with van der Waals surface area (Å²) in [6, 6.07) is 0. The van der Waals surface area contributed by atoms with Crippen LogP contribution in [0.15, 0.2) is 4.52 Å². The number of alkyl halides is 3. The summed E-state index contributed by atoms with van der Waals surface area (Å²) in [5, 5.41) is 5.89. The van der Waals surface area contributed by atoms with Crippen LogP contribution in [0.25, 0.3) is 0 Å². The number of piperidine rings is 1. The smallest absolute Gasteiger partial charge is 0.355 e. The monoisotopic (exact) mass is 362 g/mol. The van der Waals surface area contributed by atoms with Gasteiger partial charge in [-0.1, -0.05) is 19.0 Å². The van der Waals surface area contributed by atoms with Crippen molar-refractivity contribution in [2.45, 2.75) is 39.3 Å². The van der Waals surface area contributed by atoms with Crippen molar-refractivity contribution in [2.24, 2.45) is 11.8 Å². The van der Waals surface area contributed by atoms with E-state index in [1.807, 2.05) is 13.8 Å². The van der Waals surface area contributed by atoms with Crippen LogP contribution >= 0.6 is 0 Å². The van der Waals surface area contributed by atoms with E-state index in [4.69, 9.17) is 0 Å². The minimum Gasteiger partial charge on any atom is -0.355 e. The van der Waals surface area contributed by atoms with Gasteiger partial charge in [-0.3, -0.25) is 9.59 Å². The molecule has 0 aliphatic carbocycles. The molecule has 1 N–H and O–H groups in total. The van der Waals surface area contributed by atoms with Crippen molar-refractivity contribution < 1.29 is 27.3 Å². The van der Waals surface area contributed by atoms with Crippen LogP contribution < -0.4 is 5.32 Å². The van der Waals surface area contributed by atoms with Gasteiger partial charge >= 0.3 is 12.1 Å². The number of nitrogens with zero attached hydrogens (tertiary/aromatic N) is 3. The molecule has 140 valence electrons. The highest BCUT2D eigenvalue weighted by Gasteiger charge is 2.38. The van der Waals surface area contributed by atoms with Gasteiger partial charge in [0.1, 0.15) is 0 Å². The highest BCUT2D eigenvalue weighted by molar-refractivity contribution is 5.83. The number of rotatable bonds is 6. The number of carbonyl (C=O) groups excluding carboxylic acids is 2. The highest BCUT2D eigenvalue weighted by atomic mass is 19.4. The number of likely N-dealkylation sites (tertiary alicyclic amines) is 1. The van der Waals surface area contributed by atoms with Crippen LogP contribution in [0.2, 0.25) is 0 Å². The average Bonchev–Trinajstić information content (AvgIpc) is 2.98. The zero-order valence-electron chi connectivity index (χ0n) is 14.1. The first kappa shape index (κ1) is 19.2. The Labute approximate surface area is 142 Å². The van der Waals surface area contributed by atoms with E-state index < -0.39 is 12.1 Å². The minimum atomic E-state index is -4.68. The molecule has 1 aromatic heterocycles. The summed E-state index contributed by atoms with van der Waals surface area (Å²) in [5.41, 5.74) is 0. The van der Waals surface area contributed by atoms with Gasteiger partial charge < -0.3 is 14.7 Å². The van der Waals surface area contributed by atoms with E-state index in [1.165, 1.54) is 0 Å². The van der Waals surface area contributed by atoms with Gasteiger partial charge in [-0.25, -0.2) is 0 Å². The molecule has 7 nitrogen and oxygen atoms in total. The van der Waals surface area contributed by atoms with E-state index in [-0.39, 0.29) is 36.5 Å². The van der Waals surface area contributed by atoms with E-state index in [9.17, 15) is 22.8 Å². The lowest BCUT2D eigenvalue weighted by Gasteiger charge is -2.33. The summed E-state index contributed by atoms with van der Waals surface area (Å²) in [6.45, 7) is 5.06. The maximum absolute atomic E-state index is 12.4. The fourth-order valence-electron chi connectivity index (χ4n) is 2.66. The quantitative estimate of drug-likeness (QED) is 0.831. The summed E-state index contributed by atoms with van der Waals surface area (Å²) >= 11 is 0. The molecule has 1 saturated heterocycles. The highest BCUT2D eigenvalue weighted by Crippen LogP contribution is 2.27. The first-order chi connectivity index (χ1) is 11.7. The molecule has 10 heteroatoms. The molecule has 0 radical (unpaired) electrons. The molecule has 1 aliphatic rings. The molecule has 0 saturated carbocycles. The molecule has 1 aromatic rings. The van der Waals surface area contributed by atoms with Gasteiger partial charge in [0.2, 0.25) is 11.8 Å². The van der Waals surface area contributed by atoms with Gasteiger partial charge in [0.15, 0.2) is 5.82 Å². The van der Waals surface area contributed by atoms with E-state index in [1.54, 1.807) is 4.90 Å². The molecule has 0 aromatic carbocycles. The predicted molar refractivity (Wildman–Crippen MR) is 80.2 cm³/mol.